The molecule has 58 heavy (non-hydrogen) atoms. The van der Waals surface area contributed by atoms with E-state index in [0.717, 1.165) is 38.5 Å². The molecule has 1 aliphatic heterocycles. The van der Waals surface area contributed by atoms with Crippen LogP contribution in [0.1, 0.15) is 134 Å². The lowest BCUT2D eigenvalue weighted by molar-refractivity contribution is -0.332. The van der Waals surface area contributed by atoms with Crippen LogP contribution in [0.2, 0.25) is 0 Å². The first-order valence-corrected chi connectivity index (χ1v) is 21.2. The molecule has 5 fully saturated rings. The van der Waals surface area contributed by atoms with E-state index in [1.807, 2.05) is 13.0 Å². The largest absolute Gasteiger partial charge is 0.469 e. The number of ether oxygens (including phenoxy) is 7. The number of carbonyl (C=O) groups excluding carboxylic acids is 6. The summed E-state index contributed by atoms with van der Waals surface area (Å²) >= 11 is 0. The number of esters is 5. The van der Waals surface area contributed by atoms with Crippen LogP contribution in [0.25, 0.3) is 0 Å². The van der Waals surface area contributed by atoms with Crippen LogP contribution in [0.3, 0.4) is 0 Å². The maximum Gasteiger partial charge on any atom is 0.311 e. The Kier molecular flexibility index (Phi) is 11.7. The predicted octanol–water partition coefficient (Wildman–Crippen LogP) is 6.61. The van der Waals surface area contributed by atoms with Gasteiger partial charge in [0.25, 0.3) is 0 Å². The maximum atomic E-state index is 15.0. The standard InChI is InChI=1S/C45H66O13/c1-24(46)53-23-31-34(54-25(2)47)35(55-26(3)48)36(56-27(4)49)38(57-31)58-33-14-15-43(9)32(40(33,5)6)13-16-45(11)37(43)30(50)21-28-29-22-42(8,39(51)52-12)18-17-41(29,7)19-20-44(28,45)10/h21,29,31-38H,13-20,22-23H2,1-12H3/t29-,31+,32-,33-,34-,35-,36+,37+,38-,41+,42-,43-,44+,45+/m0/s1. The van der Waals surface area contributed by atoms with Crippen LogP contribution in [0.4, 0.5) is 0 Å². The highest BCUT2D eigenvalue weighted by molar-refractivity contribution is 5.95. The minimum Gasteiger partial charge on any atom is -0.469 e. The minimum absolute atomic E-state index is 0.00980. The van der Waals surface area contributed by atoms with Crippen LogP contribution in [0, 0.1) is 50.2 Å². The molecule has 14 atom stereocenters. The first-order chi connectivity index (χ1) is 26.9. The number of allylic oxidation sites excluding steroid dienone is 2. The summed E-state index contributed by atoms with van der Waals surface area (Å²) < 4.78 is 40.8. The Morgan fingerprint density at radius 2 is 1.34 bits per heavy atom. The number of hydrogen-bond donors (Lipinski definition) is 0. The molecule has 0 bridgehead atoms. The summed E-state index contributed by atoms with van der Waals surface area (Å²) in [6.45, 7) is 20.2. The van der Waals surface area contributed by atoms with Crippen molar-refractivity contribution in [1.82, 2.24) is 0 Å². The van der Waals surface area contributed by atoms with E-state index in [1.165, 1.54) is 40.4 Å². The van der Waals surface area contributed by atoms with Gasteiger partial charge in [0.05, 0.1) is 18.6 Å². The second-order valence-corrected chi connectivity index (χ2v) is 20.3. The number of methoxy groups -OCH3 is 1. The fraction of sp³-hybridized carbons (Fsp3) is 0.822. The third-order valence-electron chi connectivity index (χ3n) is 16.4. The summed E-state index contributed by atoms with van der Waals surface area (Å²) in [5.74, 6) is -2.78. The Bertz CT molecular complexity index is 1740. The zero-order valence-corrected chi connectivity index (χ0v) is 36.7. The van der Waals surface area contributed by atoms with Gasteiger partial charge in [0.15, 0.2) is 30.4 Å². The molecule has 0 amide bonds. The molecule has 13 heteroatoms. The molecule has 0 N–H and O–H groups in total. The average Bonchev–Trinajstić information content (AvgIpc) is 3.11. The normalized spacial score (nSPS) is 44.1. The molecule has 0 spiro atoms. The Morgan fingerprint density at radius 3 is 1.95 bits per heavy atom. The number of ketones is 1. The van der Waals surface area contributed by atoms with E-state index in [9.17, 15) is 28.8 Å². The number of carbonyl (C=O) groups is 6. The van der Waals surface area contributed by atoms with Crippen LogP contribution in [-0.4, -0.2) is 86.2 Å². The quantitative estimate of drug-likeness (QED) is 0.146. The van der Waals surface area contributed by atoms with E-state index in [0.29, 0.717) is 19.3 Å². The highest BCUT2D eigenvalue weighted by Crippen LogP contribution is 2.75. The lowest BCUT2D eigenvalue weighted by atomic mass is 9.33. The van der Waals surface area contributed by atoms with Gasteiger partial charge in [-0.3, -0.25) is 28.8 Å². The Balaban J connectivity index is 1.32. The van der Waals surface area contributed by atoms with Crippen molar-refractivity contribution in [1.29, 1.82) is 0 Å². The second-order valence-electron chi connectivity index (χ2n) is 20.3. The van der Waals surface area contributed by atoms with Crippen LogP contribution in [0.5, 0.6) is 0 Å². The van der Waals surface area contributed by atoms with E-state index in [4.69, 9.17) is 33.2 Å². The molecule has 0 radical (unpaired) electrons. The highest BCUT2D eigenvalue weighted by atomic mass is 16.7. The minimum atomic E-state index is -1.33. The van der Waals surface area contributed by atoms with Crippen LogP contribution in [0.15, 0.2) is 11.6 Å². The Hall–Kier alpha value is -3.32. The van der Waals surface area contributed by atoms with Crippen molar-refractivity contribution in [2.75, 3.05) is 13.7 Å². The van der Waals surface area contributed by atoms with Gasteiger partial charge in [-0.25, -0.2) is 0 Å². The number of rotatable bonds is 8. The molecule has 13 nitrogen and oxygen atoms in total. The van der Waals surface area contributed by atoms with Crippen LogP contribution in [-0.2, 0) is 61.9 Å². The van der Waals surface area contributed by atoms with Gasteiger partial charge in [-0.1, -0.05) is 47.1 Å². The van der Waals surface area contributed by atoms with Gasteiger partial charge in [0, 0.05) is 33.6 Å². The molecule has 1 saturated heterocycles. The van der Waals surface area contributed by atoms with Gasteiger partial charge in [0.2, 0.25) is 0 Å². The van der Waals surface area contributed by atoms with E-state index in [-0.39, 0.29) is 57.8 Å². The highest BCUT2D eigenvalue weighted by Gasteiger charge is 2.71. The van der Waals surface area contributed by atoms with Crippen molar-refractivity contribution >= 4 is 35.6 Å². The van der Waals surface area contributed by atoms with Gasteiger partial charge in [0.1, 0.15) is 12.7 Å². The summed E-state index contributed by atoms with van der Waals surface area (Å²) in [5.41, 5.74) is -0.810. The maximum absolute atomic E-state index is 15.0. The van der Waals surface area contributed by atoms with Crippen LogP contribution < -0.4 is 0 Å². The van der Waals surface area contributed by atoms with E-state index in [2.05, 4.69) is 41.5 Å². The fourth-order valence-corrected chi connectivity index (χ4v) is 13.3. The molecule has 6 aliphatic rings. The van der Waals surface area contributed by atoms with Crippen molar-refractivity contribution in [3.05, 3.63) is 11.6 Å². The first kappa shape index (κ1) is 44.2. The monoisotopic (exact) mass is 814 g/mol. The SMILES string of the molecule is COC(=O)[C@@]1(C)CC[C@]2(C)CC[C@]3(C)C(=CC(=O)[C@@H]4[C@@]5(C)CC[C@H](O[C@@H]6O[C@H](COC(C)=O)[C@H](OC(C)=O)[C@H](OC(C)=O)[C@H]6OC(C)=O)C(C)(C)[C@@H]5CC[C@]43C)[C@@H]2C1. The lowest BCUT2D eigenvalue weighted by Crippen LogP contribution is -2.67. The third-order valence-corrected chi connectivity index (χ3v) is 16.4. The van der Waals surface area contributed by atoms with Gasteiger partial charge < -0.3 is 33.2 Å². The summed E-state index contributed by atoms with van der Waals surface area (Å²) in [5, 5.41) is 0. The molecule has 5 aliphatic carbocycles. The number of hydrogen-bond acceptors (Lipinski definition) is 13. The van der Waals surface area contributed by atoms with Crippen molar-refractivity contribution < 1.29 is 61.9 Å². The van der Waals surface area contributed by atoms with E-state index >= 15 is 0 Å². The summed E-state index contributed by atoms with van der Waals surface area (Å²) in [4.78, 5) is 77.3. The molecule has 0 unspecified atom stereocenters. The Morgan fingerprint density at radius 1 is 0.741 bits per heavy atom. The topological polar surface area (TPSA) is 167 Å². The zero-order chi connectivity index (χ0) is 43.0. The number of fused-ring (bicyclic) bond motifs is 7. The fourth-order valence-electron chi connectivity index (χ4n) is 13.3. The van der Waals surface area contributed by atoms with Crippen molar-refractivity contribution in [2.24, 2.45) is 50.2 Å². The van der Waals surface area contributed by atoms with E-state index < -0.39 is 71.5 Å². The molecule has 6 rings (SSSR count). The molecule has 4 saturated carbocycles. The van der Waals surface area contributed by atoms with Gasteiger partial charge in [-0.2, -0.15) is 0 Å². The third kappa shape index (κ3) is 7.21. The van der Waals surface area contributed by atoms with Crippen molar-refractivity contribution in [2.45, 2.75) is 171 Å². The molecular weight excluding hydrogens is 748 g/mol. The molecule has 1 heterocycles. The van der Waals surface area contributed by atoms with Gasteiger partial charge >= 0.3 is 29.8 Å². The zero-order valence-electron chi connectivity index (χ0n) is 36.7. The van der Waals surface area contributed by atoms with Crippen molar-refractivity contribution in [3.63, 3.8) is 0 Å². The van der Waals surface area contributed by atoms with Gasteiger partial charge in [-0.15, -0.1) is 0 Å². The predicted molar refractivity (Wildman–Crippen MR) is 208 cm³/mol. The van der Waals surface area contributed by atoms with Crippen molar-refractivity contribution in [3.8, 4) is 0 Å². The summed E-state index contributed by atoms with van der Waals surface area (Å²) in [7, 11) is 1.46. The lowest BCUT2D eigenvalue weighted by Gasteiger charge is -2.70. The smallest absolute Gasteiger partial charge is 0.311 e. The molecule has 0 aromatic heterocycles. The molecule has 0 aromatic carbocycles. The Labute approximate surface area is 343 Å². The molecular formula is C45H66O13. The second kappa shape index (κ2) is 15.3. The van der Waals surface area contributed by atoms with Crippen LogP contribution >= 0.6 is 0 Å². The van der Waals surface area contributed by atoms with Gasteiger partial charge in [-0.05, 0) is 110 Å². The first-order valence-electron chi connectivity index (χ1n) is 21.2. The molecule has 324 valence electrons. The summed E-state index contributed by atoms with van der Waals surface area (Å²) in [6.07, 6.45) is 2.54. The molecule has 0 aromatic rings. The average molecular weight is 815 g/mol. The summed E-state index contributed by atoms with van der Waals surface area (Å²) in [6, 6.07) is 0. The van der Waals surface area contributed by atoms with E-state index in [1.54, 1.807) is 0 Å².